The van der Waals surface area contributed by atoms with Crippen molar-refractivity contribution >= 4 is 16.9 Å². The van der Waals surface area contributed by atoms with Crippen LogP contribution in [0.3, 0.4) is 0 Å². The number of aliphatic hydroxyl groups is 1. The molecular formula is C17H18N4O2. The van der Waals surface area contributed by atoms with E-state index >= 15 is 0 Å². The predicted octanol–water partition coefficient (Wildman–Crippen LogP) is 1.61. The Morgan fingerprint density at radius 1 is 1.26 bits per heavy atom. The van der Waals surface area contributed by atoms with Crippen molar-refractivity contribution in [1.82, 2.24) is 20.3 Å². The second-order valence-electron chi connectivity index (χ2n) is 5.74. The minimum absolute atomic E-state index is 0.119. The molecule has 0 aliphatic heterocycles. The summed E-state index contributed by atoms with van der Waals surface area (Å²) in [4.78, 5) is 12.3. The number of benzene rings is 2. The zero-order valence-electron chi connectivity index (χ0n) is 13.0. The maximum absolute atomic E-state index is 12.3. The summed E-state index contributed by atoms with van der Waals surface area (Å²) in [6.07, 6.45) is 0. The fourth-order valence-electron chi connectivity index (χ4n) is 2.44. The molecule has 0 spiro atoms. The van der Waals surface area contributed by atoms with E-state index in [2.05, 4.69) is 15.6 Å². The van der Waals surface area contributed by atoms with E-state index in [1.165, 1.54) is 0 Å². The molecule has 23 heavy (non-hydrogen) atoms. The Labute approximate surface area is 133 Å². The van der Waals surface area contributed by atoms with Crippen LogP contribution in [0.2, 0.25) is 0 Å². The topological polar surface area (TPSA) is 80.0 Å². The first-order valence-corrected chi connectivity index (χ1v) is 7.33. The lowest BCUT2D eigenvalue weighted by Gasteiger charge is -2.24. The van der Waals surface area contributed by atoms with Crippen molar-refractivity contribution in [3.63, 3.8) is 0 Å². The number of rotatable bonds is 4. The van der Waals surface area contributed by atoms with Crippen molar-refractivity contribution in [2.24, 2.45) is 7.05 Å². The fraction of sp³-hybridized carbons (Fsp3) is 0.235. The number of carbonyl (C=O) groups is 1. The third-order valence-corrected chi connectivity index (χ3v) is 3.86. The zero-order valence-corrected chi connectivity index (χ0v) is 13.0. The highest BCUT2D eigenvalue weighted by Crippen LogP contribution is 2.19. The summed E-state index contributed by atoms with van der Waals surface area (Å²) in [5.41, 5.74) is 1.63. The van der Waals surface area contributed by atoms with Gasteiger partial charge in [-0.3, -0.25) is 4.79 Å². The van der Waals surface area contributed by atoms with Gasteiger partial charge in [-0.15, -0.1) is 5.10 Å². The SMILES string of the molecule is Cn1nnc2cc(C(=O)NCC(C)(O)c3ccccc3)ccc21. The van der Waals surface area contributed by atoms with Gasteiger partial charge in [-0.2, -0.15) is 0 Å². The van der Waals surface area contributed by atoms with Crippen molar-refractivity contribution < 1.29 is 9.90 Å². The number of carbonyl (C=O) groups excluding carboxylic acids is 1. The molecule has 1 amide bonds. The van der Waals surface area contributed by atoms with Crippen LogP contribution in [0.1, 0.15) is 22.8 Å². The Kier molecular flexibility index (Phi) is 3.83. The van der Waals surface area contributed by atoms with Gasteiger partial charge in [0.2, 0.25) is 0 Å². The summed E-state index contributed by atoms with van der Waals surface area (Å²) in [6.45, 7) is 1.79. The van der Waals surface area contributed by atoms with E-state index in [0.29, 0.717) is 11.1 Å². The molecule has 0 fully saturated rings. The van der Waals surface area contributed by atoms with Crippen LogP contribution in [0.4, 0.5) is 0 Å². The number of nitrogens with zero attached hydrogens (tertiary/aromatic N) is 3. The molecule has 0 aliphatic carbocycles. The minimum atomic E-state index is -1.13. The van der Waals surface area contributed by atoms with E-state index in [4.69, 9.17) is 0 Å². The van der Waals surface area contributed by atoms with E-state index in [1.54, 1.807) is 36.9 Å². The number of nitrogens with one attached hydrogen (secondary N) is 1. The molecule has 2 N–H and O–H groups in total. The number of aryl methyl sites for hydroxylation is 1. The highest BCUT2D eigenvalue weighted by Gasteiger charge is 2.23. The molecule has 2 aromatic carbocycles. The van der Waals surface area contributed by atoms with Crippen LogP contribution in [0.15, 0.2) is 48.5 Å². The Balaban J connectivity index is 1.73. The van der Waals surface area contributed by atoms with Gasteiger partial charge in [0, 0.05) is 12.6 Å². The molecule has 6 heteroatoms. The van der Waals surface area contributed by atoms with Gasteiger partial charge in [0.1, 0.15) is 11.1 Å². The number of fused-ring (bicyclic) bond motifs is 1. The summed E-state index contributed by atoms with van der Waals surface area (Å²) in [5, 5.41) is 21.2. The van der Waals surface area contributed by atoms with Gasteiger partial charge in [0.15, 0.2) is 0 Å². The van der Waals surface area contributed by atoms with Crippen LogP contribution in [0, 0.1) is 0 Å². The molecule has 118 valence electrons. The smallest absolute Gasteiger partial charge is 0.251 e. The maximum Gasteiger partial charge on any atom is 0.251 e. The second kappa shape index (κ2) is 5.81. The molecule has 0 radical (unpaired) electrons. The van der Waals surface area contributed by atoms with Gasteiger partial charge in [0.05, 0.1) is 12.1 Å². The Bertz CT molecular complexity index is 840. The Morgan fingerprint density at radius 2 is 2.00 bits per heavy atom. The molecule has 1 heterocycles. The van der Waals surface area contributed by atoms with Gasteiger partial charge in [-0.1, -0.05) is 35.5 Å². The van der Waals surface area contributed by atoms with Crippen molar-refractivity contribution in [2.75, 3.05) is 6.54 Å². The van der Waals surface area contributed by atoms with E-state index in [-0.39, 0.29) is 12.5 Å². The molecular weight excluding hydrogens is 292 g/mol. The third-order valence-electron chi connectivity index (χ3n) is 3.86. The average molecular weight is 310 g/mol. The summed E-state index contributed by atoms with van der Waals surface area (Å²) >= 11 is 0. The highest BCUT2D eigenvalue weighted by atomic mass is 16.3. The van der Waals surface area contributed by atoms with Crippen LogP contribution in [0.5, 0.6) is 0 Å². The molecule has 0 aliphatic rings. The van der Waals surface area contributed by atoms with Gasteiger partial charge in [-0.25, -0.2) is 4.68 Å². The molecule has 0 bridgehead atoms. The monoisotopic (exact) mass is 310 g/mol. The van der Waals surface area contributed by atoms with Crippen molar-refractivity contribution in [3.8, 4) is 0 Å². The summed E-state index contributed by atoms with van der Waals surface area (Å²) in [7, 11) is 1.80. The molecule has 1 atom stereocenters. The summed E-state index contributed by atoms with van der Waals surface area (Å²) in [5.74, 6) is -0.256. The first-order valence-electron chi connectivity index (χ1n) is 7.33. The van der Waals surface area contributed by atoms with Gasteiger partial charge >= 0.3 is 0 Å². The summed E-state index contributed by atoms with van der Waals surface area (Å²) < 4.78 is 1.65. The lowest BCUT2D eigenvalue weighted by molar-refractivity contribution is 0.0526. The van der Waals surface area contributed by atoms with E-state index in [1.807, 2.05) is 30.3 Å². The number of hydrogen-bond donors (Lipinski definition) is 2. The number of amides is 1. The minimum Gasteiger partial charge on any atom is -0.384 e. The Hall–Kier alpha value is -2.73. The highest BCUT2D eigenvalue weighted by molar-refractivity contribution is 5.97. The molecule has 0 saturated heterocycles. The van der Waals surface area contributed by atoms with E-state index in [9.17, 15) is 9.90 Å². The quantitative estimate of drug-likeness (QED) is 0.767. The van der Waals surface area contributed by atoms with E-state index in [0.717, 1.165) is 11.1 Å². The standard InChI is InChI=1S/C17H18N4O2/c1-17(23,13-6-4-3-5-7-13)11-18-16(22)12-8-9-15-14(10-12)19-20-21(15)2/h3-10,23H,11H2,1-2H3,(H,18,22). The lowest BCUT2D eigenvalue weighted by atomic mass is 9.96. The second-order valence-corrected chi connectivity index (χ2v) is 5.74. The third kappa shape index (κ3) is 3.07. The van der Waals surface area contributed by atoms with Crippen LogP contribution in [0.25, 0.3) is 11.0 Å². The first kappa shape index (κ1) is 15.2. The van der Waals surface area contributed by atoms with Crippen molar-refractivity contribution in [3.05, 3.63) is 59.7 Å². The first-order chi connectivity index (χ1) is 11.0. The van der Waals surface area contributed by atoms with Gasteiger partial charge < -0.3 is 10.4 Å². The number of aromatic nitrogens is 3. The van der Waals surface area contributed by atoms with Gasteiger partial charge in [0.25, 0.3) is 5.91 Å². The average Bonchev–Trinajstić information content (AvgIpc) is 2.94. The molecule has 6 nitrogen and oxygen atoms in total. The van der Waals surface area contributed by atoms with E-state index < -0.39 is 5.60 Å². The Morgan fingerprint density at radius 3 is 2.74 bits per heavy atom. The lowest BCUT2D eigenvalue weighted by Crippen LogP contribution is -2.38. The van der Waals surface area contributed by atoms with Crippen molar-refractivity contribution in [1.29, 1.82) is 0 Å². The van der Waals surface area contributed by atoms with Crippen LogP contribution < -0.4 is 5.32 Å². The number of hydrogen-bond acceptors (Lipinski definition) is 4. The van der Waals surface area contributed by atoms with Gasteiger partial charge in [-0.05, 0) is 30.7 Å². The fourth-order valence-corrected chi connectivity index (χ4v) is 2.44. The normalized spacial score (nSPS) is 13.7. The molecule has 0 saturated carbocycles. The predicted molar refractivity (Wildman–Crippen MR) is 86.9 cm³/mol. The van der Waals surface area contributed by atoms with Crippen LogP contribution >= 0.6 is 0 Å². The molecule has 3 aromatic rings. The van der Waals surface area contributed by atoms with Crippen LogP contribution in [-0.2, 0) is 12.6 Å². The zero-order chi connectivity index (χ0) is 16.4. The molecule has 1 aromatic heterocycles. The molecule has 1 unspecified atom stereocenters. The maximum atomic E-state index is 12.3. The van der Waals surface area contributed by atoms with Crippen molar-refractivity contribution in [2.45, 2.75) is 12.5 Å². The summed E-state index contributed by atoms with van der Waals surface area (Å²) in [6, 6.07) is 14.5. The van der Waals surface area contributed by atoms with Crippen LogP contribution in [-0.4, -0.2) is 32.6 Å². The largest absolute Gasteiger partial charge is 0.384 e. The molecule has 3 rings (SSSR count).